The Morgan fingerprint density at radius 3 is 2.25 bits per heavy atom. The maximum atomic E-state index is 13.0. The van der Waals surface area contributed by atoms with Gasteiger partial charge in [-0.3, -0.25) is 4.79 Å². The second-order valence-corrected chi connectivity index (χ2v) is 5.75. The smallest absolute Gasteiger partial charge is 0.258 e. The molecule has 1 aliphatic heterocycles. The monoisotopic (exact) mass is 327 g/mol. The zero-order valence-electron chi connectivity index (χ0n) is 14.4. The van der Waals surface area contributed by atoms with E-state index >= 15 is 0 Å². The number of carbonyl (C=O) groups excluding carboxylic acids is 1. The first-order valence-electron chi connectivity index (χ1n) is 7.80. The third-order valence-electron chi connectivity index (χ3n) is 4.29. The molecular formula is C19H21NO4. The van der Waals surface area contributed by atoms with Crippen LogP contribution in [0.5, 0.6) is 17.2 Å². The fraction of sp³-hybridized carbons (Fsp3) is 0.316. The van der Waals surface area contributed by atoms with E-state index in [0.29, 0.717) is 29.4 Å². The minimum atomic E-state index is -0.0724. The SMILES string of the molecule is COc1cc(C(=O)N2CCc3cc(C)ccc32)cc(OC)c1OC. The summed E-state index contributed by atoms with van der Waals surface area (Å²) in [4.78, 5) is 14.8. The summed E-state index contributed by atoms with van der Waals surface area (Å²) in [5, 5.41) is 0. The van der Waals surface area contributed by atoms with E-state index in [-0.39, 0.29) is 5.91 Å². The number of rotatable bonds is 4. The largest absolute Gasteiger partial charge is 0.493 e. The van der Waals surface area contributed by atoms with Crippen LogP contribution in [-0.2, 0) is 6.42 Å². The van der Waals surface area contributed by atoms with Crippen LogP contribution in [0.1, 0.15) is 21.5 Å². The summed E-state index contributed by atoms with van der Waals surface area (Å²) < 4.78 is 16.0. The van der Waals surface area contributed by atoms with Gasteiger partial charge in [0.2, 0.25) is 5.75 Å². The Morgan fingerprint density at radius 2 is 1.67 bits per heavy atom. The van der Waals surface area contributed by atoms with Crippen molar-refractivity contribution in [1.29, 1.82) is 0 Å². The molecule has 0 aromatic heterocycles. The van der Waals surface area contributed by atoms with Crippen LogP contribution in [0.4, 0.5) is 5.69 Å². The molecule has 3 rings (SSSR count). The highest BCUT2D eigenvalue weighted by Gasteiger charge is 2.27. The third-order valence-corrected chi connectivity index (χ3v) is 4.29. The van der Waals surface area contributed by atoms with Crippen LogP contribution in [-0.4, -0.2) is 33.8 Å². The average molecular weight is 327 g/mol. The fourth-order valence-corrected chi connectivity index (χ4v) is 3.10. The fourth-order valence-electron chi connectivity index (χ4n) is 3.10. The molecule has 0 atom stereocenters. The van der Waals surface area contributed by atoms with Gasteiger partial charge in [-0.1, -0.05) is 17.7 Å². The maximum Gasteiger partial charge on any atom is 0.258 e. The van der Waals surface area contributed by atoms with Crippen molar-refractivity contribution in [2.75, 3.05) is 32.8 Å². The summed E-state index contributed by atoms with van der Waals surface area (Å²) in [6, 6.07) is 9.55. The van der Waals surface area contributed by atoms with Gasteiger partial charge in [-0.15, -0.1) is 0 Å². The normalized spacial score (nSPS) is 12.8. The van der Waals surface area contributed by atoms with Gasteiger partial charge in [-0.05, 0) is 37.1 Å². The summed E-state index contributed by atoms with van der Waals surface area (Å²) in [6.45, 7) is 2.73. The summed E-state index contributed by atoms with van der Waals surface area (Å²) in [5.74, 6) is 1.36. The number of fused-ring (bicyclic) bond motifs is 1. The molecule has 0 bridgehead atoms. The van der Waals surface area contributed by atoms with Crippen LogP contribution in [0.25, 0.3) is 0 Å². The molecule has 5 heteroatoms. The van der Waals surface area contributed by atoms with Crippen molar-refractivity contribution >= 4 is 11.6 Å². The lowest BCUT2D eigenvalue weighted by molar-refractivity contribution is 0.0988. The van der Waals surface area contributed by atoms with Crippen molar-refractivity contribution in [3.05, 3.63) is 47.0 Å². The highest BCUT2D eigenvalue weighted by molar-refractivity contribution is 6.08. The van der Waals surface area contributed by atoms with E-state index in [0.717, 1.165) is 12.1 Å². The van der Waals surface area contributed by atoms with E-state index in [2.05, 4.69) is 13.0 Å². The third kappa shape index (κ3) is 2.66. The quantitative estimate of drug-likeness (QED) is 0.865. The van der Waals surface area contributed by atoms with E-state index in [4.69, 9.17) is 14.2 Å². The van der Waals surface area contributed by atoms with Crippen LogP contribution in [0, 0.1) is 6.92 Å². The average Bonchev–Trinajstić information content (AvgIpc) is 3.02. The van der Waals surface area contributed by atoms with Crippen LogP contribution < -0.4 is 19.1 Å². The molecule has 1 aliphatic rings. The first-order chi connectivity index (χ1) is 11.6. The number of ether oxygens (including phenoxy) is 3. The lowest BCUT2D eigenvalue weighted by atomic mass is 10.1. The Balaban J connectivity index is 2.00. The van der Waals surface area contributed by atoms with Crippen LogP contribution in [0.15, 0.2) is 30.3 Å². The predicted octanol–water partition coefficient (Wildman–Crippen LogP) is 3.22. The molecule has 0 unspecified atom stereocenters. The number of amides is 1. The molecule has 0 aliphatic carbocycles. The molecule has 0 saturated heterocycles. The standard InChI is InChI=1S/C19H21NO4/c1-12-5-6-15-13(9-12)7-8-20(15)19(21)14-10-16(22-2)18(24-4)17(11-14)23-3/h5-6,9-11H,7-8H2,1-4H3. The van der Waals surface area contributed by atoms with Gasteiger partial charge in [-0.25, -0.2) is 0 Å². The number of nitrogens with zero attached hydrogens (tertiary/aromatic N) is 1. The summed E-state index contributed by atoms with van der Waals surface area (Å²) in [5.41, 5.74) is 3.89. The number of anilines is 1. The van der Waals surface area contributed by atoms with Crippen molar-refractivity contribution < 1.29 is 19.0 Å². The number of hydrogen-bond donors (Lipinski definition) is 0. The number of benzene rings is 2. The first-order valence-corrected chi connectivity index (χ1v) is 7.80. The molecular weight excluding hydrogens is 306 g/mol. The molecule has 5 nitrogen and oxygen atoms in total. The van der Waals surface area contributed by atoms with E-state index < -0.39 is 0 Å². The van der Waals surface area contributed by atoms with Gasteiger partial charge in [0.1, 0.15) is 0 Å². The summed E-state index contributed by atoms with van der Waals surface area (Å²) >= 11 is 0. The van der Waals surface area contributed by atoms with Crippen LogP contribution in [0.2, 0.25) is 0 Å². The molecule has 0 radical (unpaired) electrons. The Hall–Kier alpha value is -2.69. The molecule has 0 fully saturated rings. The Kier molecular flexibility index (Phi) is 4.34. The Labute approximate surface area is 141 Å². The molecule has 1 amide bonds. The minimum Gasteiger partial charge on any atom is -0.493 e. The van der Waals surface area contributed by atoms with Gasteiger partial charge in [0.15, 0.2) is 11.5 Å². The van der Waals surface area contributed by atoms with Gasteiger partial charge < -0.3 is 19.1 Å². The van der Waals surface area contributed by atoms with Crippen molar-refractivity contribution in [3.8, 4) is 17.2 Å². The van der Waals surface area contributed by atoms with Crippen molar-refractivity contribution in [1.82, 2.24) is 0 Å². The number of hydrogen-bond acceptors (Lipinski definition) is 4. The highest BCUT2D eigenvalue weighted by atomic mass is 16.5. The molecule has 2 aromatic carbocycles. The van der Waals surface area contributed by atoms with Gasteiger partial charge in [0.25, 0.3) is 5.91 Å². The van der Waals surface area contributed by atoms with Crippen molar-refractivity contribution in [3.63, 3.8) is 0 Å². The second kappa shape index (κ2) is 6.43. The highest BCUT2D eigenvalue weighted by Crippen LogP contribution is 2.39. The van der Waals surface area contributed by atoms with Gasteiger partial charge in [-0.2, -0.15) is 0 Å². The van der Waals surface area contributed by atoms with Gasteiger partial charge in [0, 0.05) is 17.8 Å². The zero-order chi connectivity index (χ0) is 17.3. The summed E-state index contributed by atoms with van der Waals surface area (Å²) in [6.07, 6.45) is 0.868. The number of carbonyl (C=O) groups is 1. The first kappa shape index (κ1) is 16.2. The van der Waals surface area contributed by atoms with Crippen LogP contribution >= 0.6 is 0 Å². The van der Waals surface area contributed by atoms with Gasteiger partial charge >= 0.3 is 0 Å². The molecule has 0 N–H and O–H groups in total. The van der Waals surface area contributed by atoms with E-state index in [9.17, 15) is 4.79 Å². The molecule has 1 heterocycles. The van der Waals surface area contributed by atoms with E-state index in [1.165, 1.54) is 11.1 Å². The molecule has 0 saturated carbocycles. The lowest BCUT2D eigenvalue weighted by Gasteiger charge is -2.19. The predicted molar refractivity (Wildman–Crippen MR) is 92.7 cm³/mol. The summed E-state index contributed by atoms with van der Waals surface area (Å²) in [7, 11) is 4.62. The maximum absolute atomic E-state index is 13.0. The van der Waals surface area contributed by atoms with E-state index in [1.807, 2.05) is 12.1 Å². The molecule has 0 spiro atoms. The topological polar surface area (TPSA) is 48.0 Å². The van der Waals surface area contributed by atoms with Gasteiger partial charge in [0.05, 0.1) is 21.3 Å². The van der Waals surface area contributed by atoms with E-state index in [1.54, 1.807) is 38.4 Å². The second-order valence-electron chi connectivity index (χ2n) is 5.75. The molecule has 24 heavy (non-hydrogen) atoms. The molecule has 2 aromatic rings. The van der Waals surface area contributed by atoms with Crippen molar-refractivity contribution in [2.24, 2.45) is 0 Å². The Morgan fingerprint density at radius 1 is 1.00 bits per heavy atom. The lowest BCUT2D eigenvalue weighted by Crippen LogP contribution is -2.28. The Bertz CT molecular complexity index is 760. The number of methoxy groups -OCH3 is 3. The minimum absolute atomic E-state index is 0.0724. The zero-order valence-corrected chi connectivity index (χ0v) is 14.4. The van der Waals surface area contributed by atoms with Crippen molar-refractivity contribution in [2.45, 2.75) is 13.3 Å². The number of aryl methyl sites for hydroxylation is 1. The molecule has 126 valence electrons. The van der Waals surface area contributed by atoms with Crippen LogP contribution in [0.3, 0.4) is 0 Å².